The van der Waals surface area contributed by atoms with E-state index in [1.54, 1.807) is 19.5 Å². The maximum Gasteiger partial charge on any atom is 0.137 e. The predicted octanol–water partition coefficient (Wildman–Crippen LogP) is 3.48. The predicted molar refractivity (Wildman–Crippen MR) is 71.6 cm³/mol. The number of hydrogen-bond acceptors (Lipinski definition) is 3. The Morgan fingerprint density at radius 3 is 2.83 bits per heavy atom. The lowest BCUT2D eigenvalue weighted by Gasteiger charge is -2.22. The molecule has 1 heterocycles. The highest BCUT2D eigenvalue weighted by Crippen LogP contribution is 2.30. The number of pyridine rings is 1. The average Bonchev–Trinajstić information content (AvgIpc) is 2.46. The minimum atomic E-state index is -0.408. The number of aliphatic hydroxyl groups is 1. The second-order valence-electron chi connectivity index (χ2n) is 5.26. The molecule has 0 aliphatic heterocycles. The van der Waals surface area contributed by atoms with E-state index in [0.29, 0.717) is 5.75 Å². The van der Waals surface area contributed by atoms with Crippen LogP contribution in [0.4, 0.5) is 0 Å². The SMILES string of the molecule is COc1cncc(C(O)CCC2CCCCC2)c1. The molecule has 3 nitrogen and oxygen atoms in total. The zero-order valence-corrected chi connectivity index (χ0v) is 11.1. The molecular formula is C15H23NO2. The van der Waals surface area contributed by atoms with Gasteiger partial charge in [0.15, 0.2) is 0 Å². The van der Waals surface area contributed by atoms with E-state index in [1.165, 1.54) is 32.1 Å². The third-order valence-corrected chi connectivity index (χ3v) is 3.93. The van der Waals surface area contributed by atoms with Crippen molar-refractivity contribution in [3.05, 3.63) is 24.0 Å². The van der Waals surface area contributed by atoms with Gasteiger partial charge in [-0.1, -0.05) is 32.1 Å². The highest BCUT2D eigenvalue weighted by molar-refractivity contribution is 5.24. The van der Waals surface area contributed by atoms with Crippen LogP contribution in [0.3, 0.4) is 0 Å². The smallest absolute Gasteiger partial charge is 0.137 e. The van der Waals surface area contributed by atoms with E-state index in [1.807, 2.05) is 6.07 Å². The van der Waals surface area contributed by atoms with Crippen LogP contribution < -0.4 is 4.74 Å². The Kier molecular flexibility index (Phi) is 5.00. The summed E-state index contributed by atoms with van der Waals surface area (Å²) in [4.78, 5) is 4.09. The number of rotatable bonds is 5. The fourth-order valence-electron chi connectivity index (χ4n) is 2.77. The standard InChI is InChI=1S/C15H23NO2/c1-18-14-9-13(10-16-11-14)15(17)8-7-12-5-3-2-4-6-12/h9-12,15,17H,2-8H2,1H3. The van der Waals surface area contributed by atoms with E-state index in [-0.39, 0.29) is 0 Å². The Morgan fingerprint density at radius 2 is 2.11 bits per heavy atom. The van der Waals surface area contributed by atoms with Gasteiger partial charge in [-0.05, 0) is 24.8 Å². The fraction of sp³-hybridized carbons (Fsp3) is 0.667. The fourth-order valence-corrected chi connectivity index (χ4v) is 2.77. The molecule has 1 saturated carbocycles. The number of hydrogen-bond donors (Lipinski definition) is 1. The summed E-state index contributed by atoms with van der Waals surface area (Å²) in [5.41, 5.74) is 0.866. The normalized spacial score (nSPS) is 18.6. The van der Waals surface area contributed by atoms with Crippen molar-refractivity contribution in [1.29, 1.82) is 0 Å². The first-order valence-electron chi connectivity index (χ1n) is 6.96. The van der Waals surface area contributed by atoms with E-state index in [0.717, 1.165) is 24.3 Å². The summed E-state index contributed by atoms with van der Waals surface area (Å²) in [5, 5.41) is 10.2. The Labute approximate surface area is 109 Å². The second-order valence-corrected chi connectivity index (χ2v) is 5.26. The molecule has 1 aromatic rings. The number of aliphatic hydroxyl groups excluding tert-OH is 1. The molecule has 0 saturated heterocycles. The van der Waals surface area contributed by atoms with Gasteiger partial charge in [0.2, 0.25) is 0 Å². The van der Waals surface area contributed by atoms with E-state index >= 15 is 0 Å². The van der Waals surface area contributed by atoms with Crippen molar-refractivity contribution in [3.63, 3.8) is 0 Å². The highest BCUT2D eigenvalue weighted by atomic mass is 16.5. The molecule has 18 heavy (non-hydrogen) atoms. The molecule has 0 radical (unpaired) electrons. The van der Waals surface area contributed by atoms with Crippen LogP contribution in [0.2, 0.25) is 0 Å². The molecule has 0 aromatic carbocycles. The topological polar surface area (TPSA) is 42.4 Å². The van der Waals surface area contributed by atoms with Crippen molar-refractivity contribution in [2.45, 2.75) is 51.0 Å². The third kappa shape index (κ3) is 3.70. The van der Waals surface area contributed by atoms with Crippen LogP contribution in [-0.4, -0.2) is 17.2 Å². The van der Waals surface area contributed by atoms with Crippen LogP contribution in [-0.2, 0) is 0 Å². The monoisotopic (exact) mass is 249 g/mol. The number of methoxy groups -OCH3 is 1. The molecular weight excluding hydrogens is 226 g/mol. The Balaban J connectivity index is 1.84. The van der Waals surface area contributed by atoms with Crippen molar-refractivity contribution in [3.8, 4) is 5.75 Å². The summed E-state index contributed by atoms with van der Waals surface area (Å²) in [6, 6.07) is 1.87. The van der Waals surface area contributed by atoms with E-state index < -0.39 is 6.10 Å². The Hall–Kier alpha value is -1.09. The summed E-state index contributed by atoms with van der Waals surface area (Å²) < 4.78 is 5.13. The van der Waals surface area contributed by atoms with Crippen LogP contribution in [0.5, 0.6) is 5.75 Å². The Bertz CT molecular complexity index is 361. The minimum absolute atomic E-state index is 0.408. The highest BCUT2D eigenvalue weighted by Gasteiger charge is 2.16. The molecule has 0 amide bonds. The van der Waals surface area contributed by atoms with E-state index in [4.69, 9.17) is 4.74 Å². The quantitative estimate of drug-likeness (QED) is 0.868. The maximum atomic E-state index is 10.2. The molecule has 0 spiro atoms. The first-order chi connectivity index (χ1) is 8.79. The molecule has 0 bridgehead atoms. The van der Waals surface area contributed by atoms with E-state index in [2.05, 4.69) is 4.98 Å². The first-order valence-corrected chi connectivity index (χ1v) is 6.96. The van der Waals surface area contributed by atoms with Crippen molar-refractivity contribution in [2.75, 3.05) is 7.11 Å². The molecule has 1 atom stereocenters. The van der Waals surface area contributed by atoms with Crippen LogP contribution >= 0.6 is 0 Å². The largest absolute Gasteiger partial charge is 0.495 e. The zero-order valence-electron chi connectivity index (χ0n) is 11.1. The lowest BCUT2D eigenvalue weighted by molar-refractivity contribution is 0.150. The molecule has 1 aromatic heterocycles. The average molecular weight is 249 g/mol. The summed E-state index contributed by atoms with van der Waals surface area (Å²) in [6.45, 7) is 0. The van der Waals surface area contributed by atoms with Crippen molar-refractivity contribution in [1.82, 2.24) is 4.98 Å². The number of aromatic nitrogens is 1. The van der Waals surface area contributed by atoms with Crippen LogP contribution in [0.1, 0.15) is 56.6 Å². The van der Waals surface area contributed by atoms with Gasteiger partial charge in [0.25, 0.3) is 0 Å². The van der Waals surface area contributed by atoms with Crippen LogP contribution in [0, 0.1) is 5.92 Å². The maximum absolute atomic E-state index is 10.2. The summed E-state index contributed by atoms with van der Waals surface area (Å²) in [6.07, 6.45) is 11.7. The van der Waals surface area contributed by atoms with Gasteiger partial charge in [0, 0.05) is 11.8 Å². The van der Waals surface area contributed by atoms with Gasteiger partial charge in [-0.25, -0.2) is 0 Å². The van der Waals surface area contributed by atoms with Crippen molar-refractivity contribution < 1.29 is 9.84 Å². The summed E-state index contributed by atoms with van der Waals surface area (Å²) >= 11 is 0. The zero-order chi connectivity index (χ0) is 12.8. The van der Waals surface area contributed by atoms with Gasteiger partial charge < -0.3 is 9.84 Å². The first kappa shape index (κ1) is 13.3. The van der Waals surface area contributed by atoms with Gasteiger partial charge in [0.05, 0.1) is 19.4 Å². The van der Waals surface area contributed by atoms with E-state index in [9.17, 15) is 5.11 Å². The lowest BCUT2D eigenvalue weighted by atomic mass is 9.85. The van der Waals surface area contributed by atoms with Crippen molar-refractivity contribution in [2.24, 2.45) is 5.92 Å². The molecule has 1 N–H and O–H groups in total. The molecule has 100 valence electrons. The molecule has 1 aliphatic rings. The van der Waals surface area contributed by atoms with Crippen LogP contribution in [0.15, 0.2) is 18.5 Å². The van der Waals surface area contributed by atoms with Gasteiger partial charge >= 0.3 is 0 Å². The molecule has 1 unspecified atom stereocenters. The van der Waals surface area contributed by atoms with Crippen LogP contribution in [0.25, 0.3) is 0 Å². The molecule has 2 rings (SSSR count). The Morgan fingerprint density at radius 1 is 1.33 bits per heavy atom. The number of ether oxygens (including phenoxy) is 1. The van der Waals surface area contributed by atoms with Gasteiger partial charge in [-0.2, -0.15) is 0 Å². The van der Waals surface area contributed by atoms with Gasteiger partial charge in [-0.15, -0.1) is 0 Å². The van der Waals surface area contributed by atoms with Gasteiger partial charge in [0.1, 0.15) is 5.75 Å². The molecule has 1 aliphatic carbocycles. The second kappa shape index (κ2) is 6.74. The summed E-state index contributed by atoms with van der Waals surface area (Å²) in [7, 11) is 1.62. The summed E-state index contributed by atoms with van der Waals surface area (Å²) in [5.74, 6) is 1.52. The minimum Gasteiger partial charge on any atom is -0.495 e. The van der Waals surface area contributed by atoms with Gasteiger partial charge in [-0.3, -0.25) is 4.98 Å². The van der Waals surface area contributed by atoms with Crippen molar-refractivity contribution >= 4 is 0 Å². The lowest BCUT2D eigenvalue weighted by Crippen LogP contribution is -2.08. The molecule has 1 fully saturated rings. The third-order valence-electron chi connectivity index (χ3n) is 3.93. The molecule has 3 heteroatoms. The number of nitrogens with zero attached hydrogens (tertiary/aromatic N) is 1.